The minimum Gasteiger partial charge on any atom is -0.371 e. The van der Waals surface area contributed by atoms with Crippen LogP contribution >= 0.6 is 0 Å². The van der Waals surface area contributed by atoms with Crippen molar-refractivity contribution in [2.45, 2.75) is 18.9 Å². The SMILES string of the molecule is Fc1ccc(N2CCC(N3CCN(c4ccncc4)CC3)CC2)cc1F. The van der Waals surface area contributed by atoms with E-state index in [2.05, 4.69) is 31.8 Å². The van der Waals surface area contributed by atoms with E-state index >= 15 is 0 Å². The minimum absolute atomic E-state index is 0.580. The molecule has 0 unspecified atom stereocenters. The molecule has 0 spiro atoms. The molecule has 2 aliphatic rings. The van der Waals surface area contributed by atoms with Gasteiger partial charge in [0.25, 0.3) is 0 Å². The number of hydrogen-bond acceptors (Lipinski definition) is 4. The van der Waals surface area contributed by atoms with Gasteiger partial charge in [-0.25, -0.2) is 8.78 Å². The number of piperidine rings is 1. The number of aromatic nitrogens is 1. The topological polar surface area (TPSA) is 22.6 Å². The van der Waals surface area contributed by atoms with E-state index < -0.39 is 11.6 Å². The maximum Gasteiger partial charge on any atom is 0.160 e. The highest BCUT2D eigenvalue weighted by Crippen LogP contribution is 2.25. The van der Waals surface area contributed by atoms with Crippen molar-refractivity contribution in [3.05, 3.63) is 54.4 Å². The van der Waals surface area contributed by atoms with E-state index in [1.807, 2.05) is 12.4 Å². The Morgan fingerprint density at radius 2 is 1.38 bits per heavy atom. The fraction of sp³-hybridized carbons (Fsp3) is 0.450. The molecule has 0 radical (unpaired) electrons. The summed E-state index contributed by atoms with van der Waals surface area (Å²) in [7, 11) is 0. The summed E-state index contributed by atoms with van der Waals surface area (Å²) >= 11 is 0. The normalized spacial score (nSPS) is 19.8. The molecule has 1 aromatic heterocycles. The number of hydrogen-bond donors (Lipinski definition) is 0. The van der Waals surface area contributed by atoms with E-state index in [1.165, 1.54) is 17.8 Å². The Bertz CT molecular complexity index is 724. The van der Waals surface area contributed by atoms with Crippen molar-refractivity contribution < 1.29 is 8.78 Å². The maximum absolute atomic E-state index is 13.5. The van der Waals surface area contributed by atoms with Gasteiger partial charge in [-0.1, -0.05) is 0 Å². The minimum atomic E-state index is -0.782. The van der Waals surface area contributed by atoms with E-state index in [-0.39, 0.29) is 0 Å². The van der Waals surface area contributed by atoms with Crippen LogP contribution in [0, 0.1) is 11.6 Å². The molecular formula is C20H24F2N4. The van der Waals surface area contributed by atoms with Crippen LogP contribution in [0.15, 0.2) is 42.7 Å². The van der Waals surface area contributed by atoms with E-state index in [0.717, 1.165) is 57.8 Å². The predicted octanol–water partition coefficient (Wildman–Crippen LogP) is 3.15. The van der Waals surface area contributed by atoms with Gasteiger partial charge in [0.1, 0.15) is 0 Å². The number of benzene rings is 1. The molecule has 2 aliphatic heterocycles. The molecule has 6 heteroatoms. The van der Waals surface area contributed by atoms with Gasteiger partial charge in [0, 0.05) is 75.1 Å². The van der Waals surface area contributed by atoms with E-state index in [4.69, 9.17) is 0 Å². The van der Waals surface area contributed by atoms with Crippen molar-refractivity contribution in [1.29, 1.82) is 0 Å². The highest BCUT2D eigenvalue weighted by Gasteiger charge is 2.27. The van der Waals surface area contributed by atoms with Crippen molar-refractivity contribution in [1.82, 2.24) is 9.88 Å². The van der Waals surface area contributed by atoms with Gasteiger partial charge in [-0.2, -0.15) is 0 Å². The molecule has 1 aromatic carbocycles. The van der Waals surface area contributed by atoms with Gasteiger partial charge in [-0.05, 0) is 37.1 Å². The largest absolute Gasteiger partial charge is 0.371 e. The molecule has 2 aromatic rings. The number of pyridine rings is 1. The first-order valence-corrected chi connectivity index (χ1v) is 9.30. The average Bonchev–Trinajstić information content (AvgIpc) is 2.71. The van der Waals surface area contributed by atoms with Crippen molar-refractivity contribution >= 4 is 11.4 Å². The second-order valence-corrected chi connectivity index (χ2v) is 7.05. The Hall–Kier alpha value is -2.21. The van der Waals surface area contributed by atoms with Gasteiger partial charge in [0.2, 0.25) is 0 Å². The van der Waals surface area contributed by atoms with Crippen LogP contribution in [0.4, 0.5) is 20.2 Å². The molecule has 0 N–H and O–H groups in total. The van der Waals surface area contributed by atoms with Gasteiger partial charge in [-0.3, -0.25) is 9.88 Å². The number of piperazine rings is 1. The maximum atomic E-state index is 13.5. The van der Waals surface area contributed by atoms with Crippen LogP contribution in [-0.4, -0.2) is 55.2 Å². The lowest BCUT2D eigenvalue weighted by Gasteiger charge is -2.43. The molecule has 0 saturated carbocycles. The van der Waals surface area contributed by atoms with Crippen molar-refractivity contribution in [3.63, 3.8) is 0 Å². The summed E-state index contributed by atoms with van der Waals surface area (Å²) in [5.41, 5.74) is 2.03. The molecule has 2 fully saturated rings. The van der Waals surface area contributed by atoms with Crippen LogP contribution in [-0.2, 0) is 0 Å². The second kappa shape index (κ2) is 7.58. The lowest BCUT2D eigenvalue weighted by atomic mass is 10.0. The molecule has 4 rings (SSSR count). The molecule has 26 heavy (non-hydrogen) atoms. The lowest BCUT2D eigenvalue weighted by Crippen LogP contribution is -2.53. The average molecular weight is 358 g/mol. The summed E-state index contributed by atoms with van der Waals surface area (Å²) in [5.74, 6) is -1.55. The van der Waals surface area contributed by atoms with Crippen LogP contribution < -0.4 is 9.80 Å². The van der Waals surface area contributed by atoms with Crippen LogP contribution in [0.2, 0.25) is 0 Å². The standard InChI is InChI=1S/C20H24F2N4/c21-19-2-1-18(15-20(19)22)24-9-5-17(6-10-24)26-13-11-25(12-14-26)16-3-7-23-8-4-16/h1-4,7-8,15,17H,5-6,9-14H2. The smallest absolute Gasteiger partial charge is 0.160 e. The predicted molar refractivity (Wildman–Crippen MR) is 99.6 cm³/mol. The fourth-order valence-electron chi connectivity index (χ4n) is 4.07. The third-order valence-corrected chi connectivity index (χ3v) is 5.59. The first-order chi connectivity index (χ1) is 12.7. The fourth-order valence-corrected chi connectivity index (χ4v) is 4.07. The third kappa shape index (κ3) is 3.65. The van der Waals surface area contributed by atoms with Crippen molar-refractivity contribution in [2.75, 3.05) is 49.1 Å². The summed E-state index contributed by atoms with van der Waals surface area (Å²) in [4.78, 5) is 11.2. The van der Waals surface area contributed by atoms with Crippen LogP contribution in [0.5, 0.6) is 0 Å². The lowest BCUT2D eigenvalue weighted by molar-refractivity contribution is 0.160. The van der Waals surface area contributed by atoms with E-state index in [1.54, 1.807) is 6.07 Å². The Morgan fingerprint density at radius 3 is 2.04 bits per heavy atom. The monoisotopic (exact) mass is 358 g/mol. The summed E-state index contributed by atoms with van der Waals surface area (Å²) in [6, 6.07) is 8.91. The molecule has 138 valence electrons. The third-order valence-electron chi connectivity index (χ3n) is 5.59. The highest BCUT2D eigenvalue weighted by atomic mass is 19.2. The zero-order valence-corrected chi connectivity index (χ0v) is 14.8. The molecule has 0 atom stereocenters. The zero-order chi connectivity index (χ0) is 17.9. The molecule has 2 saturated heterocycles. The Morgan fingerprint density at radius 1 is 0.731 bits per heavy atom. The second-order valence-electron chi connectivity index (χ2n) is 7.05. The number of rotatable bonds is 3. The zero-order valence-electron chi connectivity index (χ0n) is 14.8. The van der Waals surface area contributed by atoms with Gasteiger partial charge < -0.3 is 9.80 Å². The summed E-state index contributed by atoms with van der Waals surface area (Å²) < 4.78 is 26.6. The van der Waals surface area contributed by atoms with Crippen LogP contribution in [0.25, 0.3) is 0 Å². The molecule has 0 amide bonds. The first-order valence-electron chi connectivity index (χ1n) is 9.30. The van der Waals surface area contributed by atoms with Crippen molar-refractivity contribution in [2.24, 2.45) is 0 Å². The number of anilines is 2. The van der Waals surface area contributed by atoms with Gasteiger partial charge in [0.15, 0.2) is 11.6 Å². The quantitative estimate of drug-likeness (QED) is 0.841. The van der Waals surface area contributed by atoms with E-state index in [0.29, 0.717) is 6.04 Å². The molecule has 0 bridgehead atoms. The molecule has 4 nitrogen and oxygen atoms in total. The van der Waals surface area contributed by atoms with Gasteiger partial charge >= 0.3 is 0 Å². The van der Waals surface area contributed by atoms with Crippen LogP contribution in [0.1, 0.15) is 12.8 Å². The summed E-state index contributed by atoms with van der Waals surface area (Å²) in [5, 5.41) is 0. The van der Waals surface area contributed by atoms with Crippen molar-refractivity contribution in [3.8, 4) is 0 Å². The Balaban J connectivity index is 1.29. The van der Waals surface area contributed by atoms with Gasteiger partial charge in [0.05, 0.1) is 0 Å². The first kappa shape index (κ1) is 17.2. The molecule has 3 heterocycles. The van der Waals surface area contributed by atoms with Crippen LogP contribution in [0.3, 0.4) is 0 Å². The Labute approximate surface area is 153 Å². The molecule has 0 aliphatic carbocycles. The summed E-state index contributed by atoms with van der Waals surface area (Å²) in [6.45, 7) is 5.98. The van der Waals surface area contributed by atoms with Gasteiger partial charge in [-0.15, -0.1) is 0 Å². The van der Waals surface area contributed by atoms with E-state index in [9.17, 15) is 8.78 Å². The summed E-state index contributed by atoms with van der Waals surface area (Å²) in [6.07, 6.45) is 5.81. The molecular weight excluding hydrogens is 334 g/mol. The number of nitrogens with zero attached hydrogens (tertiary/aromatic N) is 4. The Kier molecular flexibility index (Phi) is 5.02. The highest BCUT2D eigenvalue weighted by molar-refractivity contribution is 5.47. The number of halogens is 2.